The van der Waals surface area contributed by atoms with Crippen molar-refractivity contribution < 1.29 is 9.90 Å². The maximum absolute atomic E-state index is 11.7. The Bertz CT molecular complexity index is 964. The zero-order chi connectivity index (χ0) is 17.1. The van der Waals surface area contributed by atoms with Crippen molar-refractivity contribution in [2.24, 2.45) is 5.92 Å². The lowest BCUT2D eigenvalue weighted by molar-refractivity contribution is -0.142. The first kappa shape index (κ1) is 16.2. The van der Waals surface area contributed by atoms with Crippen LogP contribution < -0.4 is 22.5 Å². The van der Waals surface area contributed by atoms with Gasteiger partial charge in [0, 0.05) is 37.1 Å². The number of aromatic amines is 2. The van der Waals surface area contributed by atoms with E-state index in [2.05, 4.69) is 4.98 Å². The minimum absolute atomic E-state index is 0.239. The van der Waals surface area contributed by atoms with Gasteiger partial charge >= 0.3 is 17.3 Å². The van der Waals surface area contributed by atoms with Crippen molar-refractivity contribution in [2.45, 2.75) is 20.0 Å². The molecule has 2 aromatic rings. The Hall–Kier alpha value is -3.17. The van der Waals surface area contributed by atoms with Gasteiger partial charge in [0.15, 0.2) is 0 Å². The molecule has 1 unspecified atom stereocenters. The zero-order valence-corrected chi connectivity index (χ0v) is 12.1. The van der Waals surface area contributed by atoms with Crippen molar-refractivity contribution in [2.75, 3.05) is 0 Å². The molecule has 0 aliphatic rings. The molecule has 2 aromatic heterocycles. The Morgan fingerprint density at radius 3 is 2.35 bits per heavy atom. The number of aromatic nitrogens is 4. The average molecular weight is 322 g/mol. The predicted octanol–water partition coefficient (Wildman–Crippen LogP) is -1.90. The van der Waals surface area contributed by atoms with E-state index in [0.29, 0.717) is 0 Å². The molecule has 10 nitrogen and oxygen atoms in total. The van der Waals surface area contributed by atoms with E-state index in [1.807, 2.05) is 4.98 Å². The SMILES string of the molecule is Cc1cn(CC(Cn2ccc(=O)[nH]c2=O)C(=O)O)c(=O)[nH]c1=O. The van der Waals surface area contributed by atoms with Crippen LogP contribution in [0, 0.1) is 12.8 Å². The third kappa shape index (κ3) is 3.73. The highest BCUT2D eigenvalue weighted by atomic mass is 16.4. The summed E-state index contributed by atoms with van der Waals surface area (Å²) in [6.07, 6.45) is 2.44. The van der Waals surface area contributed by atoms with Gasteiger partial charge in [0.25, 0.3) is 11.1 Å². The number of hydrogen-bond acceptors (Lipinski definition) is 5. The standard InChI is InChI=1S/C13H14N4O6/c1-7-4-17(13(23)15-10(7)19)6-8(11(20)21)5-16-3-2-9(18)14-12(16)22/h2-4,8H,5-6H2,1H3,(H,20,21)(H,14,18,22)(H,15,19,23). The second-order valence-corrected chi connectivity index (χ2v) is 5.02. The molecule has 23 heavy (non-hydrogen) atoms. The molecular formula is C13H14N4O6. The quantitative estimate of drug-likeness (QED) is 0.585. The molecule has 2 heterocycles. The summed E-state index contributed by atoms with van der Waals surface area (Å²) in [5.41, 5.74) is -2.36. The fourth-order valence-electron chi connectivity index (χ4n) is 2.03. The van der Waals surface area contributed by atoms with Crippen molar-refractivity contribution in [1.29, 1.82) is 0 Å². The highest BCUT2D eigenvalue weighted by Crippen LogP contribution is 2.03. The van der Waals surface area contributed by atoms with Crippen LogP contribution in [0.25, 0.3) is 0 Å². The van der Waals surface area contributed by atoms with Crippen LogP contribution in [0.15, 0.2) is 37.6 Å². The van der Waals surface area contributed by atoms with Crippen molar-refractivity contribution in [3.8, 4) is 0 Å². The molecule has 0 fully saturated rings. The first-order valence-electron chi connectivity index (χ1n) is 6.61. The number of carbonyl (C=O) groups is 1. The van der Waals surface area contributed by atoms with E-state index in [1.54, 1.807) is 0 Å². The molecule has 0 aliphatic heterocycles. The second-order valence-electron chi connectivity index (χ2n) is 5.02. The Balaban J connectivity index is 2.33. The lowest BCUT2D eigenvalue weighted by atomic mass is 10.1. The number of carboxylic acid groups (broad SMARTS) is 1. The highest BCUT2D eigenvalue weighted by Gasteiger charge is 2.20. The van der Waals surface area contributed by atoms with Gasteiger partial charge in [-0.15, -0.1) is 0 Å². The third-order valence-electron chi connectivity index (χ3n) is 3.27. The second kappa shape index (κ2) is 6.30. The molecule has 0 aliphatic carbocycles. The first-order valence-corrected chi connectivity index (χ1v) is 6.61. The normalized spacial score (nSPS) is 12.0. The van der Waals surface area contributed by atoms with E-state index in [9.17, 15) is 29.1 Å². The number of rotatable bonds is 5. The summed E-state index contributed by atoms with van der Waals surface area (Å²) in [5, 5.41) is 9.28. The lowest BCUT2D eigenvalue weighted by Crippen LogP contribution is -2.37. The Labute approximate surface area is 127 Å². The molecule has 10 heteroatoms. The molecule has 122 valence electrons. The Kier molecular flexibility index (Phi) is 4.44. The van der Waals surface area contributed by atoms with Gasteiger partial charge in [0.2, 0.25) is 0 Å². The van der Waals surface area contributed by atoms with Crippen LogP contribution >= 0.6 is 0 Å². The molecule has 0 amide bonds. The van der Waals surface area contributed by atoms with E-state index < -0.39 is 34.4 Å². The van der Waals surface area contributed by atoms with Gasteiger partial charge in [-0.25, -0.2) is 9.59 Å². The third-order valence-corrected chi connectivity index (χ3v) is 3.27. The topological polar surface area (TPSA) is 147 Å². The number of aryl methyl sites for hydroxylation is 1. The molecule has 3 N–H and O–H groups in total. The molecule has 0 saturated heterocycles. The lowest BCUT2D eigenvalue weighted by Gasteiger charge is -2.15. The van der Waals surface area contributed by atoms with Crippen molar-refractivity contribution in [1.82, 2.24) is 19.1 Å². The summed E-state index contributed by atoms with van der Waals surface area (Å²) in [7, 11) is 0. The van der Waals surface area contributed by atoms with Crippen LogP contribution in [0.3, 0.4) is 0 Å². The maximum Gasteiger partial charge on any atom is 0.328 e. The average Bonchev–Trinajstić information content (AvgIpc) is 2.46. The summed E-state index contributed by atoms with van der Waals surface area (Å²) in [4.78, 5) is 61.1. The van der Waals surface area contributed by atoms with E-state index in [0.717, 1.165) is 15.2 Å². The number of nitrogens with zero attached hydrogens (tertiary/aromatic N) is 2. The molecule has 0 aromatic carbocycles. The van der Waals surface area contributed by atoms with Crippen molar-refractivity contribution >= 4 is 5.97 Å². The smallest absolute Gasteiger partial charge is 0.328 e. The van der Waals surface area contributed by atoms with Gasteiger partial charge in [0.05, 0.1) is 5.92 Å². The summed E-state index contributed by atoms with van der Waals surface area (Å²) in [6.45, 7) is 1.00. The molecule has 0 radical (unpaired) electrons. The highest BCUT2D eigenvalue weighted by molar-refractivity contribution is 5.69. The fourth-order valence-corrected chi connectivity index (χ4v) is 2.03. The number of nitrogens with one attached hydrogen (secondary N) is 2. The first-order chi connectivity index (χ1) is 10.8. The fraction of sp³-hybridized carbons (Fsp3) is 0.308. The van der Waals surface area contributed by atoms with E-state index in [1.165, 1.54) is 19.3 Å². The van der Waals surface area contributed by atoms with Crippen LogP contribution in [-0.2, 0) is 17.9 Å². The van der Waals surface area contributed by atoms with Gasteiger partial charge < -0.3 is 5.11 Å². The van der Waals surface area contributed by atoms with Crippen molar-refractivity contribution in [3.63, 3.8) is 0 Å². The number of H-pyrrole nitrogens is 2. The van der Waals surface area contributed by atoms with Gasteiger partial charge in [0.1, 0.15) is 0 Å². The van der Waals surface area contributed by atoms with Gasteiger partial charge in [-0.1, -0.05) is 0 Å². The molecule has 0 saturated carbocycles. The minimum atomic E-state index is -1.22. The van der Waals surface area contributed by atoms with E-state index in [-0.39, 0.29) is 18.7 Å². The van der Waals surface area contributed by atoms with Crippen LogP contribution in [0.1, 0.15) is 5.56 Å². The number of carboxylic acids is 1. The predicted molar refractivity (Wildman–Crippen MR) is 78.5 cm³/mol. The molecule has 0 bridgehead atoms. The van der Waals surface area contributed by atoms with Crippen LogP contribution in [0.4, 0.5) is 0 Å². The Morgan fingerprint density at radius 2 is 1.74 bits per heavy atom. The van der Waals surface area contributed by atoms with E-state index in [4.69, 9.17) is 0 Å². The van der Waals surface area contributed by atoms with Crippen LogP contribution in [0.5, 0.6) is 0 Å². The van der Waals surface area contributed by atoms with Gasteiger partial charge in [-0.05, 0) is 6.92 Å². The minimum Gasteiger partial charge on any atom is -0.481 e. The molecular weight excluding hydrogens is 308 g/mol. The summed E-state index contributed by atoms with van der Waals surface area (Å²) in [6, 6.07) is 1.09. The van der Waals surface area contributed by atoms with Gasteiger partial charge in [-0.2, -0.15) is 0 Å². The van der Waals surface area contributed by atoms with Crippen LogP contribution in [0.2, 0.25) is 0 Å². The summed E-state index contributed by atoms with van der Waals surface area (Å²) < 4.78 is 2.09. The maximum atomic E-state index is 11.7. The zero-order valence-electron chi connectivity index (χ0n) is 12.1. The van der Waals surface area contributed by atoms with Gasteiger partial charge in [-0.3, -0.25) is 33.5 Å². The number of hydrogen-bond donors (Lipinski definition) is 3. The van der Waals surface area contributed by atoms with Crippen molar-refractivity contribution in [3.05, 3.63) is 65.7 Å². The molecule has 2 rings (SSSR count). The summed E-state index contributed by atoms with van der Waals surface area (Å²) >= 11 is 0. The summed E-state index contributed by atoms with van der Waals surface area (Å²) in [5.74, 6) is -2.33. The largest absolute Gasteiger partial charge is 0.481 e. The number of aliphatic carboxylic acids is 1. The molecule has 0 spiro atoms. The van der Waals surface area contributed by atoms with E-state index >= 15 is 0 Å². The van der Waals surface area contributed by atoms with Crippen LogP contribution in [-0.4, -0.2) is 30.2 Å². The molecule has 1 atom stereocenters. The Morgan fingerprint density at radius 1 is 1.13 bits per heavy atom. The monoisotopic (exact) mass is 322 g/mol.